The highest BCUT2D eigenvalue weighted by Crippen LogP contribution is 2.24. The molecule has 0 aromatic heterocycles. The topological polar surface area (TPSA) is 60.4 Å². The summed E-state index contributed by atoms with van der Waals surface area (Å²) in [4.78, 5) is 12.3. The Morgan fingerprint density at radius 1 is 1.10 bits per heavy atom. The van der Waals surface area contributed by atoms with Crippen molar-refractivity contribution in [2.45, 2.75) is 0 Å². The van der Waals surface area contributed by atoms with Crippen LogP contribution in [0.4, 0.5) is 4.39 Å². The summed E-state index contributed by atoms with van der Waals surface area (Å²) in [5.41, 5.74) is 0.179. The smallest absolute Gasteiger partial charge is 0.306 e. The third-order valence-electron chi connectivity index (χ3n) is 2.46. The fourth-order valence-corrected chi connectivity index (χ4v) is 2.13. The Balaban J connectivity index is 2.50. The van der Waals surface area contributed by atoms with E-state index < -0.39 is 21.7 Å². The van der Waals surface area contributed by atoms with Gasteiger partial charge < -0.3 is 4.18 Å². The minimum Gasteiger partial charge on any atom is -0.382 e. The third kappa shape index (κ3) is 3.42. The fraction of sp³-hybridized carbons (Fsp3) is 0.0714. The molecule has 0 saturated carbocycles. The van der Waals surface area contributed by atoms with Gasteiger partial charge in [-0.1, -0.05) is 30.3 Å². The van der Waals surface area contributed by atoms with E-state index in [1.54, 1.807) is 30.3 Å². The van der Waals surface area contributed by atoms with Gasteiger partial charge in [0.05, 0.1) is 11.8 Å². The first-order valence-corrected chi connectivity index (χ1v) is 7.47. The van der Waals surface area contributed by atoms with Crippen molar-refractivity contribution in [3.05, 3.63) is 65.5 Å². The molecule has 0 N–H and O–H groups in total. The Labute approximate surface area is 115 Å². The normalized spacial score (nSPS) is 11.1. The van der Waals surface area contributed by atoms with Crippen LogP contribution in [0.2, 0.25) is 0 Å². The molecule has 2 aromatic rings. The van der Waals surface area contributed by atoms with E-state index in [9.17, 15) is 17.6 Å². The highest BCUT2D eigenvalue weighted by atomic mass is 32.2. The van der Waals surface area contributed by atoms with Gasteiger partial charge in [0.25, 0.3) is 0 Å². The van der Waals surface area contributed by atoms with Gasteiger partial charge in [-0.15, -0.1) is 0 Å². The maximum Gasteiger partial charge on any atom is 0.306 e. The summed E-state index contributed by atoms with van der Waals surface area (Å²) in [5.74, 6) is -1.35. The summed E-state index contributed by atoms with van der Waals surface area (Å²) >= 11 is 0. The molecule has 0 radical (unpaired) electrons. The molecule has 0 amide bonds. The van der Waals surface area contributed by atoms with E-state index in [2.05, 4.69) is 0 Å². The zero-order valence-electron chi connectivity index (χ0n) is 10.5. The van der Waals surface area contributed by atoms with Crippen molar-refractivity contribution >= 4 is 15.9 Å². The average Bonchev–Trinajstić information content (AvgIpc) is 2.39. The maximum atomic E-state index is 13.3. The molecule has 0 atom stereocenters. The minimum absolute atomic E-state index is 0.137. The van der Waals surface area contributed by atoms with Gasteiger partial charge in [0, 0.05) is 5.56 Å². The number of hydrogen-bond donors (Lipinski definition) is 0. The van der Waals surface area contributed by atoms with Gasteiger partial charge >= 0.3 is 10.1 Å². The number of ketones is 1. The van der Waals surface area contributed by atoms with Gasteiger partial charge in [0.2, 0.25) is 0 Å². The second-order valence-electron chi connectivity index (χ2n) is 4.12. The van der Waals surface area contributed by atoms with E-state index in [1.165, 1.54) is 0 Å². The minimum atomic E-state index is -3.80. The van der Waals surface area contributed by atoms with Gasteiger partial charge in [-0.3, -0.25) is 4.79 Å². The summed E-state index contributed by atoms with van der Waals surface area (Å²) in [6.07, 6.45) is 0.854. The van der Waals surface area contributed by atoms with Crippen molar-refractivity contribution in [3.63, 3.8) is 0 Å². The largest absolute Gasteiger partial charge is 0.382 e. The molecule has 0 fully saturated rings. The summed E-state index contributed by atoms with van der Waals surface area (Å²) in [6.45, 7) is 0. The summed E-state index contributed by atoms with van der Waals surface area (Å²) in [6, 6.07) is 11.3. The molecule has 0 aliphatic carbocycles. The van der Waals surface area contributed by atoms with Crippen LogP contribution in [-0.4, -0.2) is 20.5 Å². The Morgan fingerprint density at radius 3 is 2.35 bits per heavy atom. The first-order valence-electron chi connectivity index (χ1n) is 5.65. The maximum absolute atomic E-state index is 13.3. The van der Waals surface area contributed by atoms with E-state index in [4.69, 9.17) is 4.18 Å². The summed E-state index contributed by atoms with van der Waals surface area (Å²) < 4.78 is 40.4. The number of hydrogen-bond acceptors (Lipinski definition) is 4. The Bertz CT molecular complexity index is 739. The van der Waals surface area contributed by atoms with Gasteiger partial charge in [0.15, 0.2) is 11.5 Å². The number of rotatable bonds is 4. The first kappa shape index (κ1) is 14.2. The van der Waals surface area contributed by atoms with Crippen molar-refractivity contribution in [1.29, 1.82) is 0 Å². The highest BCUT2D eigenvalue weighted by molar-refractivity contribution is 7.86. The van der Waals surface area contributed by atoms with E-state index in [0.29, 0.717) is 5.56 Å². The zero-order chi connectivity index (χ0) is 14.8. The molecule has 6 heteroatoms. The molecule has 2 rings (SSSR count). The lowest BCUT2D eigenvalue weighted by molar-refractivity contribution is 0.103. The van der Waals surface area contributed by atoms with Gasteiger partial charge in [-0.25, -0.2) is 4.39 Å². The van der Waals surface area contributed by atoms with Crippen LogP contribution in [-0.2, 0) is 10.1 Å². The highest BCUT2D eigenvalue weighted by Gasteiger charge is 2.18. The van der Waals surface area contributed by atoms with E-state index in [0.717, 1.165) is 24.5 Å². The Kier molecular flexibility index (Phi) is 3.85. The van der Waals surface area contributed by atoms with E-state index in [1.807, 2.05) is 0 Å². The van der Waals surface area contributed by atoms with Crippen LogP contribution in [0.1, 0.15) is 15.9 Å². The Morgan fingerprint density at radius 2 is 1.75 bits per heavy atom. The van der Waals surface area contributed by atoms with Crippen LogP contribution in [0.15, 0.2) is 48.5 Å². The molecule has 0 spiro atoms. The molecule has 0 unspecified atom stereocenters. The quantitative estimate of drug-likeness (QED) is 0.641. The third-order valence-corrected chi connectivity index (χ3v) is 2.95. The standard InChI is InChI=1S/C14H11FO4S/c1-20(17,18)19-13-8-7-11(15)9-12(13)14(16)10-5-3-2-4-6-10/h2-9H,1H3. The second kappa shape index (κ2) is 5.42. The molecule has 104 valence electrons. The number of benzene rings is 2. The van der Waals surface area contributed by atoms with Crippen LogP contribution in [0.25, 0.3) is 0 Å². The molecular weight excluding hydrogens is 283 g/mol. The molecule has 4 nitrogen and oxygen atoms in total. The number of carbonyl (C=O) groups is 1. The molecular formula is C14H11FO4S. The molecule has 2 aromatic carbocycles. The van der Waals surface area contributed by atoms with Crippen LogP contribution >= 0.6 is 0 Å². The molecule has 0 saturated heterocycles. The first-order chi connectivity index (χ1) is 9.37. The SMILES string of the molecule is CS(=O)(=O)Oc1ccc(F)cc1C(=O)c1ccccc1. The van der Waals surface area contributed by atoms with Crippen molar-refractivity contribution in [1.82, 2.24) is 0 Å². The number of carbonyl (C=O) groups excluding carboxylic acids is 1. The van der Waals surface area contributed by atoms with Crippen LogP contribution in [0.3, 0.4) is 0 Å². The van der Waals surface area contributed by atoms with E-state index in [-0.39, 0.29) is 11.3 Å². The summed E-state index contributed by atoms with van der Waals surface area (Å²) in [7, 11) is -3.80. The number of halogens is 1. The molecule has 20 heavy (non-hydrogen) atoms. The predicted molar refractivity (Wildman–Crippen MR) is 71.7 cm³/mol. The average molecular weight is 294 g/mol. The lowest BCUT2D eigenvalue weighted by atomic mass is 10.0. The van der Waals surface area contributed by atoms with Crippen molar-refractivity contribution < 1.29 is 21.8 Å². The van der Waals surface area contributed by atoms with Gasteiger partial charge in [-0.2, -0.15) is 8.42 Å². The predicted octanol–water partition coefficient (Wildman–Crippen LogP) is 2.40. The molecule has 0 aliphatic rings. The molecule has 0 bridgehead atoms. The molecule has 0 heterocycles. The van der Waals surface area contributed by atoms with Gasteiger partial charge in [-0.05, 0) is 18.2 Å². The monoisotopic (exact) mass is 294 g/mol. The van der Waals surface area contributed by atoms with E-state index >= 15 is 0 Å². The van der Waals surface area contributed by atoms with Crippen molar-refractivity contribution in [2.24, 2.45) is 0 Å². The Hall–Kier alpha value is -2.21. The van der Waals surface area contributed by atoms with Crippen LogP contribution in [0.5, 0.6) is 5.75 Å². The van der Waals surface area contributed by atoms with Crippen LogP contribution < -0.4 is 4.18 Å². The lowest BCUT2D eigenvalue weighted by Crippen LogP contribution is -2.11. The summed E-state index contributed by atoms with van der Waals surface area (Å²) in [5, 5.41) is 0. The van der Waals surface area contributed by atoms with Gasteiger partial charge in [0.1, 0.15) is 5.82 Å². The zero-order valence-corrected chi connectivity index (χ0v) is 11.4. The lowest BCUT2D eigenvalue weighted by Gasteiger charge is -2.09. The fourth-order valence-electron chi connectivity index (χ4n) is 1.66. The van der Waals surface area contributed by atoms with Crippen molar-refractivity contribution in [3.8, 4) is 5.75 Å². The van der Waals surface area contributed by atoms with Crippen LogP contribution in [0, 0.1) is 5.82 Å². The van der Waals surface area contributed by atoms with Crippen molar-refractivity contribution in [2.75, 3.05) is 6.26 Å². The second-order valence-corrected chi connectivity index (χ2v) is 5.70. The molecule has 0 aliphatic heterocycles.